The number of fused-ring (bicyclic) bond motifs is 4. The van der Waals surface area contributed by atoms with Crippen LogP contribution in [0.5, 0.6) is 5.75 Å². The first kappa shape index (κ1) is 67.0. The fourth-order valence-corrected chi connectivity index (χ4v) is 15.2. The number of benzene rings is 11. The number of rotatable bonds is 14. The molecule has 0 saturated heterocycles. The molecule has 1 N–H and O–H groups in total. The van der Waals surface area contributed by atoms with E-state index in [1.54, 1.807) is 6.07 Å². The third kappa shape index (κ3) is 12.6. The van der Waals surface area contributed by atoms with Gasteiger partial charge in [0.1, 0.15) is 11.4 Å². The summed E-state index contributed by atoms with van der Waals surface area (Å²) in [5.41, 5.74) is 35.6. The monoisotopic (exact) mass is 1310 g/mol. The Morgan fingerprint density at radius 3 is 1.41 bits per heavy atom. The zero-order valence-corrected chi connectivity index (χ0v) is 61.5. The first-order valence-corrected chi connectivity index (χ1v) is 36.3. The lowest BCUT2D eigenvalue weighted by Crippen LogP contribution is -2.11. The van der Waals surface area contributed by atoms with Crippen LogP contribution in [-0.2, 0) is 23.7 Å². The highest BCUT2D eigenvalue weighted by molar-refractivity contribution is 6.09. The highest BCUT2D eigenvalue weighted by atomic mass is 16.3. The van der Waals surface area contributed by atoms with Crippen LogP contribution in [0.1, 0.15) is 176 Å². The topological polar surface area (TPSA) is 50.9 Å². The second kappa shape index (κ2) is 26.5. The molecule has 13 aromatic rings. The van der Waals surface area contributed by atoms with Crippen molar-refractivity contribution in [3.8, 4) is 123 Å². The van der Waals surface area contributed by atoms with Gasteiger partial charge in [0.2, 0.25) is 0 Å². The van der Waals surface area contributed by atoms with Crippen molar-refractivity contribution >= 4 is 11.0 Å². The fourth-order valence-electron chi connectivity index (χ4n) is 15.2. The number of hydrogen-bond acceptors (Lipinski definition) is 3. The molecule has 1 aliphatic rings. The molecule has 0 aliphatic heterocycles. The standard InChI is InChI=1S/C96H95N3O/c1-57(2)69-47-70(58(3)4)50-74(49-69)80-36-25-37-81(75-51-71(59(5)6)48-72(52-75)60(7)8)87(80)67-32-21-33-68(46-67)88-83(43-45-85-92(88)98-94(99(85)93-61(9)26-20-27-62(93)10)84-44-42-65-41-40-64-30-23-39-86(100)89(64)91(65)97-84)90-79(66-31-22-34-77(54-66)95(11,12)13)35-24-38-82(90)76-53-73(63-28-18-17-19-29-63)55-78(56-76)96(14,15)16/h17-39,42-60,100H,40-41H2,1-16H3. The molecule has 100 heavy (non-hydrogen) atoms. The van der Waals surface area contributed by atoms with Gasteiger partial charge in [-0.1, -0.05) is 297 Å². The van der Waals surface area contributed by atoms with Crippen molar-refractivity contribution in [2.45, 2.75) is 158 Å². The van der Waals surface area contributed by atoms with E-state index in [2.05, 4.69) is 334 Å². The molecule has 4 nitrogen and oxygen atoms in total. The molecule has 11 aromatic carbocycles. The van der Waals surface area contributed by atoms with E-state index >= 15 is 0 Å². The van der Waals surface area contributed by atoms with Gasteiger partial charge < -0.3 is 5.11 Å². The molecule has 0 fully saturated rings. The maximum absolute atomic E-state index is 11.7. The van der Waals surface area contributed by atoms with Crippen LogP contribution >= 0.6 is 0 Å². The van der Waals surface area contributed by atoms with E-state index < -0.39 is 0 Å². The Kier molecular flexibility index (Phi) is 17.8. The lowest BCUT2D eigenvalue weighted by Gasteiger charge is -2.25. The number of phenols is 1. The van der Waals surface area contributed by atoms with Crippen LogP contribution in [0.15, 0.2) is 231 Å². The van der Waals surface area contributed by atoms with Crippen LogP contribution in [0.2, 0.25) is 0 Å². The first-order chi connectivity index (χ1) is 47.9. The van der Waals surface area contributed by atoms with E-state index in [1.165, 1.54) is 72.3 Å². The van der Waals surface area contributed by atoms with Crippen LogP contribution < -0.4 is 0 Å². The molecule has 0 atom stereocenters. The van der Waals surface area contributed by atoms with Crippen molar-refractivity contribution in [3.63, 3.8) is 0 Å². The number of pyridine rings is 1. The highest BCUT2D eigenvalue weighted by Gasteiger charge is 2.30. The summed E-state index contributed by atoms with van der Waals surface area (Å²) in [7, 11) is 0. The predicted octanol–water partition coefficient (Wildman–Crippen LogP) is 26.6. The lowest BCUT2D eigenvalue weighted by atomic mass is 9.79. The van der Waals surface area contributed by atoms with Gasteiger partial charge in [-0.05, 0) is 231 Å². The van der Waals surface area contributed by atoms with E-state index in [-0.39, 0.29) is 16.6 Å². The van der Waals surface area contributed by atoms with Crippen molar-refractivity contribution in [1.29, 1.82) is 0 Å². The van der Waals surface area contributed by atoms with Gasteiger partial charge in [0, 0.05) is 11.1 Å². The molecule has 14 rings (SSSR count). The lowest BCUT2D eigenvalue weighted by molar-refractivity contribution is 0.476. The van der Waals surface area contributed by atoms with Crippen molar-refractivity contribution in [3.05, 3.63) is 286 Å². The van der Waals surface area contributed by atoms with E-state index in [0.29, 0.717) is 23.7 Å². The Hall–Kier alpha value is -10.2. The maximum atomic E-state index is 11.7. The van der Waals surface area contributed by atoms with Crippen molar-refractivity contribution < 1.29 is 5.11 Å². The largest absolute Gasteiger partial charge is 0.507 e. The summed E-state index contributed by atoms with van der Waals surface area (Å²) < 4.78 is 2.38. The van der Waals surface area contributed by atoms with Gasteiger partial charge in [0.15, 0.2) is 5.82 Å². The zero-order chi connectivity index (χ0) is 70.2. The Bertz CT molecular complexity index is 5150. The number of aryl methyl sites for hydroxylation is 4. The SMILES string of the molecule is Cc1cccc(C)c1-n1c(-c2ccc3c(n2)-c2c(O)cccc2CC3)nc2c(-c3cccc(-c4c(-c5cc(C(C)C)cc(C(C)C)c5)cccc4-c4cc(C(C)C)cc(C(C)C)c4)c3)c(-c3c(-c4cccc(C(C)(C)C)c4)cccc3-c3cc(-c4ccccc4)cc(C(C)(C)C)c3)ccc21. The Balaban J connectivity index is 1.15. The number of para-hydroxylation sites is 1. The number of nitrogens with zero attached hydrogens (tertiary/aromatic N) is 3. The molecule has 4 heteroatoms. The maximum Gasteiger partial charge on any atom is 0.164 e. The quantitative estimate of drug-likeness (QED) is 0.118. The van der Waals surface area contributed by atoms with Gasteiger partial charge in [0.25, 0.3) is 0 Å². The summed E-state index contributed by atoms with van der Waals surface area (Å²) >= 11 is 0. The Morgan fingerprint density at radius 2 is 0.820 bits per heavy atom. The summed E-state index contributed by atoms with van der Waals surface area (Å²) in [6, 6.07) is 87.1. The number of imidazole rings is 1. The smallest absolute Gasteiger partial charge is 0.164 e. The van der Waals surface area contributed by atoms with Crippen molar-refractivity contribution in [2.75, 3.05) is 0 Å². The molecule has 0 radical (unpaired) electrons. The van der Waals surface area contributed by atoms with Gasteiger partial charge in [0.05, 0.1) is 22.4 Å². The second-order valence-corrected chi connectivity index (χ2v) is 31.6. The summed E-state index contributed by atoms with van der Waals surface area (Å²) in [5.74, 6) is 2.31. The minimum atomic E-state index is -0.167. The third-order valence-electron chi connectivity index (χ3n) is 21.1. The van der Waals surface area contributed by atoms with Gasteiger partial charge in [-0.25, -0.2) is 9.97 Å². The van der Waals surface area contributed by atoms with E-state index in [0.717, 1.165) is 125 Å². The van der Waals surface area contributed by atoms with Crippen molar-refractivity contribution in [2.24, 2.45) is 0 Å². The molecule has 0 unspecified atom stereocenters. The molecule has 0 spiro atoms. The third-order valence-corrected chi connectivity index (χ3v) is 21.1. The van der Waals surface area contributed by atoms with Crippen LogP contribution in [0.25, 0.3) is 129 Å². The van der Waals surface area contributed by atoms with Gasteiger partial charge in [-0.3, -0.25) is 4.57 Å². The molecule has 0 saturated carbocycles. The van der Waals surface area contributed by atoms with Crippen LogP contribution in [0.4, 0.5) is 0 Å². The van der Waals surface area contributed by atoms with Crippen LogP contribution in [0.3, 0.4) is 0 Å². The molecule has 1 aliphatic carbocycles. The van der Waals surface area contributed by atoms with E-state index in [4.69, 9.17) is 9.97 Å². The summed E-state index contributed by atoms with van der Waals surface area (Å²) in [6.07, 6.45) is 1.66. The van der Waals surface area contributed by atoms with E-state index in [9.17, 15) is 5.11 Å². The molecular formula is C96H95N3O. The second-order valence-electron chi connectivity index (χ2n) is 31.6. The molecule has 0 amide bonds. The molecule has 0 bridgehead atoms. The summed E-state index contributed by atoms with van der Waals surface area (Å²) in [4.78, 5) is 11.8. The molecule has 500 valence electrons. The normalized spacial score (nSPS) is 12.5. The zero-order valence-electron chi connectivity index (χ0n) is 61.5. The van der Waals surface area contributed by atoms with Gasteiger partial charge in [-0.2, -0.15) is 0 Å². The highest BCUT2D eigenvalue weighted by Crippen LogP contribution is 2.52. The Labute approximate surface area is 594 Å². The minimum Gasteiger partial charge on any atom is -0.507 e. The number of aromatic nitrogens is 3. The van der Waals surface area contributed by atoms with Crippen LogP contribution in [0, 0.1) is 13.8 Å². The fraction of sp³-hybridized carbons (Fsp3) is 0.250. The Morgan fingerprint density at radius 1 is 0.350 bits per heavy atom. The van der Waals surface area contributed by atoms with Crippen molar-refractivity contribution in [1.82, 2.24) is 14.5 Å². The van der Waals surface area contributed by atoms with Gasteiger partial charge >= 0.3 is 0 Å². The number of phenolic OH excluding ortho intramolecular Hbond substituents is 1. The molecule has 2 aromatic heterocycles. The van der Waals surface area contributed by atoms with Gasteiger partial charge in [-0.15, -0.1) is 0 Å². The average molecular weight is 1310 g/mol. The summed E-state index contributed by atoms with van der Waals surface area (Å²) in [6.45, 7) is 36.9. The number of aromatic hydroxyl groups is 1. The number of hydrogen-bond donors (Lipinski definition) is 1. The average Bonchev–Trinajstić information content (AvgIpc) is 1.45. The molecular weight excluding hydrogens is 1210 g/mol. The summed E-state index contributed by atoms with van der Waals surface area (Å²) in [5, 5.41) is 11.7. The minimum absolute atomic E-state index is 0.111. The van der Waals surface area contributed by atoms with Crippen LogP contribution in [-0.4, -0.2) is 19.6 Å². The van der Waals surface area contributed by atoms with E-state index in [1.807, 2.05) is 6.07 Å². The molecule has 2 heterocycles. The first-order valence-electron chi connectivity index (χ1n) is 36.3. The predicted molar refractivity (Wildman–Crippen MR) is 426 cm³/mol.